The highest BCUT2D eigenvalue weighted by Crippen LogP contribution is 2.28. The highest BCUT2D eigenvalue weighted by molar-refractivity contribution is 14.0. The molecular weight excluding hydrogens is 517 g/mol. The molecule has 0 aliphatic heterocycles. The number of H-pyrrole nitrogens is 1. The number of aromatic amines is 1. The van der Waals surface area contributed by atoms with E-state index in [9.17, 15) is 0 Å². The number of halogens is 1. The van der Waals surface area contributed by atoms with Crippen LogP contribution in [0.3, 0.4) is 0 Å². The van der Waals surface area contributed by atoms with E-state index in [-0.39, 0.29) is 24.0 Å². The van der Waals surface area contributed by atoms with Crippen molar-refractivity contribution >= 4 is 41.0 Å². The number of fused-ring (bicyclic) bond motifs is 1. The molecule has 7 nitrogen and oxygen atoms in total. The molecule has 0 saturated carbocycles. The van der Waals surface area contributed by atoms with Gasteiger partial charge in [-0.25, -0.2) is 4.98 Å². The number of nitrogens with one attached hydrogen (secondary N) is 3. The van der Waals surface area contributed by atoms with E-state index in [1.54, 1.807) is 14.2 Å². The Kier molecular flexibility index (Phi) is 11.1. The molecule has 0 aliphatic rings. The molecule has 8 heteroatoms. The monoisotopic (exact) mass is 551 g/mol. The number of rotatable bonds is 11. The number of benzene rings is 2. The highest BCUT2D eigenvalue weighted by atomic mass is 127. The quantitative estimate of drug-likeness (QED) is 0.143. The Bertz CT molecular complexity index is 956. The van der Waals surface area contributed by atoms with E-state index in [0.717, 1.165) is 73.1 Å². The van der Waals surface area contributed by atoms with Gasteiger partial charge in [0.15, 0.2) is 17.5 Å². The van der Waals surface area contributed by atoms with Crippen LogP contribution in [0.5, 0.6) is 11.5 Å². The molecule has 3 rings (SSSR count). The second-order valence-corrected chi connectivity index (χ2v) is 7.25. The maximum Gasteiger partial charge on any atom is 0.190 e. The highest BCUT2D eigenvalue weighted by Gasteiger charge is 2.06. The smallest absolute Gasteiger partial charge is 0.190 e. The number of hydrogen-bond donors (Lipinski definition) is 3. The summed E-state index contributed by atoms with van der Waals surface area (Å²) in [5, 5.41) is 6.76. The Balaban J connectivity index is 0.00000363. The standard InChI is InChI=1S/C24H33N5O2.HI/c1-4-31-22-17-18(13-14-21(22)30-3)9-7-15-26-24(25-2)27-16-8-12-23-28-19-10-5-6-11-20(19)29-23;/h5-6,10-11,13-14,17H,4,7-9,12,15-16H2,1-3H3,(H,28,29)(H2,25,26,27);1H. The number of para-hydroxylation sites is 2. The summed E-state index contributed by atoms with van der Waals surface area (Å²) >= 11 is 0. The van der Waals surface area contributed by atoms with Gasteiger partial charge in [-0.2, -0.15) is 0 Å². The Labute approximate surface area is 207 Å². The molecule has 0 spiro atoms. The second-order valence-electron chi connectivity index (χ2n) is 7.25. The van der Waals surface area contributed by atoms with E-state index in [1.165, 1.54) is 5.56 Å². The van der Waals surface area contributed by atoms with Gasteiger partial charge in [-0.1, -0.05) is 18.2 Å². The zero-order valence-electron chi connectivity index (χ0n) is 19.1. The third-order valence-electron chi connectivity index (χ3n) is 5.01. The Morgan fingerprint density at radius 2 is 1.78 bits per heavy atom. The minimum Gasteiger partial charge on any atom is -0.493 e. The van der Waals surface area contributed by atoms with Gasteiger partial charge in [0.05, 0.1) is 24.8 Å². The van der Waals surface area contributed by atoms with Crippen molar-refractivity contribution in [1.29, 1.82) is 0 Å². The number of guanidine groups is 1. The zero-order chi connectivity index (χ0) is 21.9. The molecule has 0 saturated heterocycles. The summed E-state index contributed by atoms with van der Waals surface area (Å²) in [7, 11) is 3.46. The Morgan fingerprint density at radius 3 is 2.47 bits per heavy atom. The first-order chi connectivity index (χ1) is 15.2. The van der Waals surface area contributed by atoms with Gasteiger partial charge in [-0.3, -0.25) is 4.99 Å². The van der Waals surface area contributed by atoms with Crippen LogP contribution in [0.25, 0.3) is 11.0 Å². The number of hydrogen-bond acceptors (Lipinski definition) is 4. The molecule has 174 valence electrons. The number of methoxy groups -OCH3 is 1. The lowest BCUT2D eigenvalue weighted by atomic mass is 10.1. The van der Waals surface area contributed by atoms with E-state index in [4.69, 9.17) is 9.47 Å². The summed E-state index contributed by atoms with van der Waals surface area (Å²) in [5.74, 6) is 3.43. The van der Waals surface area contributed by atoms with E-state index < -0.39 is 0 Å². The van der Waals surface area contributed by atoms with Crippen LogP contribution in [0, 0.1) is 0 Å². The summed E-state index contributed by atoms with van der Waals surface area (Å²) in [5.41, 5.74) is 3.35. The predicted molar refractivity (Wildman–Crippen MR) is 142 cm³/mol. The van der Waals surface area contributed by atoms with E-state index in [1.807, 2.05) is 31.2 Å². The van der Waals surface area contributed by atoms with E-state index >= 15 is 0 Å². The first-order valence-electron chi connectivity index (χ1n) is 10.9. The number of imidazole rings is 1. The fourth-order valence-corrected chi connectivity index (χ4v) is 3.45. The lowest BCUT2D eigenvalue weighted by Crippen LogP contribution is -2.38. The summed E-state index contributed by atoms with van der Waals surface area (Å²) in [6.45, 7) is 4.29. The summed E-state index contributed by atoms with van der Waals surface area (Å²) in [4.78, 5) is 12.3. The molecule has 2 aromatic carbocycles. The van der Waals surface area contributed by atoms with Crippen LogP contribution in [0.1, 0.15) is 31.2 Å². The van der Waals surface area contributed by atoms with Gasteiger partial charge >= 0.3 is 0 Å². The van der Waals surface area contributed by atoms with Crippen LogP contribution in [0.4, 0.5) is 0 Å². The van der Waals surface area contributed by atoms with Gasteiger partial charge in [0.2, 0.25) is 0 Å². The Hall–Kier alpha value is -2.49. The molecule has 3 aromatic rings. The third-order valence-corrected chi connectivity index (χ3v) is 5.01. The van der Waals surface area contributed by atoms with Crippen molar-refractivity contribution < 1.29 is 9.47 Å². The lowest BCUT2D eigenvalue weighted by Gasteiger charge is -2.13. The molecule has 1 heterocycles. The number of ether oxygens (including phenoxy) is 2. The largest absolute Gasteiger partial charge is 0.493 e. The minimum absolute atomic E-state index is 0. The summed E-state index contributed by atoms with van der Waals surface area (Å²) < 4.78 is 11.0. The summed E-state index contributed by atoms with van der Waals surface area (Å²) in [6, 6.07) is 14.2. The molecule has 0 bridgehead atoms. The lowest BCUT2D eigenvalue weighted by molar-refractivity contribution is 0.310. The first-order valence-corrected chi connectivity index (χ1v) is 10.9. The van der Waals surface area contributed by atoms with Gasteiger partial charge in [-0.15, -0.1) is 24.0 Å². The van der Waals surface area contributed by atoms with Gasteiger partial charge < -0.3 is 25.1 Å². The maximum absolute atomic E-state index is 5.66. The maximum atomic E-state index is 5.66. The van der Waals surface area contributed by atoms with Gasteiger partial charge in [0.25, 0.3) is 0 Å². The molecule has 0 fully saturated rings. The molecule has 0 atom stereocenters. The van der Waals surface area contributed by atoms with Crippen LogP contribution in [-0.2, 0) is 12.8 Å². The van der Waals surface area contributed by atoms with Crippen molar-refractivity contribution in [3.63, 3.8) is 0 Å². The van der Waals surface area contributed by atoms with E-state index in [0.29, 0.717) is 6.61 Å². The number of aliphatic imine (C=N–C) groups is 1. The van der Waals surface area contributed by atoms with Crippen LogP contribution in [0.2, 0.25) is 0 Å². The van der Waals surface area contributed by atoms with Crippen LogP contribution < -0.4 is 20.1 Å². The average Bonchev–Trinajstić information content (AvgIpc) is 3.21. The van der Waals surface area contributed by atoms with E-state index in [2.05, 4.69) is 43.8 Å². The normalized spacial score (nSPS) is 11.2. The molecule has 0 amide bonds. The SMILES string of the molecule is CCOc1cc(CCCNC(=NC)NCCCc2nc3ccccc3[nH]2)ccc1OC.I. The Morgan fingerprint density at radius 1 is 1.03 bits per heavy atom. The summed E-state index contributed by atoms with van der Waals surface area (Å²) in [6.07, 6.45) is 3.84. The van der Waals surface area contributed by atoms with Crippen LogP contribution in [-0.4, -0.2) is 49.8 Å². The van der Waals surface area contributed by atoms with Gasteiger partial charge in [0, 0.05) is 26.6 Å². The minimum atomic E-state index is 0. The van der Waals surface area contributed by atoms with Crippen LogP contribution in [0.15, 0.2) is 47.5 Å². The van der Waals surface area contributed by atoms with Crippen molar-refractivity contribution in [2.24, 2.45) is 4.99 Å². The van der Waals surface area contributed by atoms with Crippen molar-refractivity contribution in [2.45, 2.75) is 32.6 Å². The molecule has 0 radical (unpaired) electrons. The molecular formula is C24H34IN5O2. The predicted octanol–water partition coefficient (Wildman–Crippen LogP) is 4.32. The van der Waals surface area contributed by atoms with Crippen molar-refractivity contribution in [1.82, 2.24) is 20.6 Å². The first kappa shape index (κ1) is 25.8. The zero-order valence-corrected chi connectivity index (χ0v) is 21.4. The van der Waals surface area contributed by atoms with Crippen molar-refractivity contribution in [3.8, 4) is 11.5 Å². The fraction of sp³-hybridized carbons (Fsp3) is 0.417. The molecule has 1 aromatic heterocycles. The molecule has 3 N–H and O–H groups in total. The number of aromatic nitrogens is 2. The van der Waals surface area contributed by atoms with Crippen LogP contribution >= 0.6 is 24.0 Å². The van der Waals surface area contributed by atoms with Crippen molar-refractivity contribution in [2.75, 3.05) is 33.9 Å². The molecule has 0 unspecified atom stereocenters. The number of aryl methyl sites for hydroxylation is 2. The topological polar surface area (TPSA) is 83.6 Å². The van der Waals surface area contributed by atoms with Gasteiger partial charge in [0.1, 0.15) is 5.82 Å². The number of nitrogens with zero attached hydrogens (tertiary/aromatic N) is 2. The van der Waals surface area contributed by atoms with Gasteiger partial charge in [-0.05, 0) is 56.0 Å². The third kappa shape index (κ3) is 7.58. The molecule has 32 heavy (non-hydrogen) atoms. The average molecular weight is 551 g/mol. The fourth-order valence-electron chi connectivity index (χ4n) is 3.45. The second kappa shape index (κ2) is 13.8. The molecule has 0 aliphatic carbocycles. The van der Waals surface area contributed by atoms with Crippen molar-refractivity contribution in [3.05, 3.63) is 53.9 Å².